The maximum Gasteiger partial charge on any atom is 0.271 e. The summed E-state index contributed by atoms with van der Waals surface area (Å²) in [6.07, 6.45) is 6.37. The molecular weight excluding hydrogens is 458 g/mol. The summed E-state index contributed by atoms with van der Waals surface area (Å²) in [5.41, 5.74) is 2.01. The molecule has 0 saturated heterocycles. The fraction of sp³-hybridized carbons (Fsp3) is 0.500. The van der Waals surface area contributed by atoms with E-state index in [0.717, 1.165) is 36.8 Å². The summed E-state index contributed by atoms with van der Waals surface area (Å²) in [4.78, 5) is 29.4. The van der Waals surface area contributed by atoms with Gasteiger partial charge >= 0.3 is 0 Å². The van der Waals surface area contributed by atoms with E-state index in [2.05, 4.69) is 12.2 Å². The Morgan fingerprint density at radius 2 is 1.86 bits per heavy atom. The van der Waals surface area contributed by atoms with E-state index in [1.807, 2.05) is 35.8 Å². The van der Waals surface area contributed by atoms with Crippen molar-refractivity contribution in [3.63, 3.8) is 0 Å². The van der Waals surface area contributed by atoms with Gasteiger partial charge in [-0.15, -0.1) is 0 Å². The predicted molar refractivity (Wildman–Crippen MR) is 136 cm³/mol. The van der Waals surface area contributed by atoms with Gasteiger partial charge in [0.25, 0.3) is 5.91 Å². The molecule has 8 nitrogen and oxygen atoms in total. The van der Waals surface area contributed by atoms with Gasteiger partial charge in [-0.05, 0) is 62.6 Å². The Morgan fingerprint density at radius 1 is 1.11 bits per heavy atom. The fourth-order valence-electron chi connectivity index (χ4n) is 5.65. The van der Waals surface area contributed by atoms with Gasteiger partial charge in [-0.1, -0.05) is 13.0 Å². The van der Waals surface area contributed by atoms with Crippen LogP contribution >= 0.6 is 0 Å². The molecule has 1 aliphatic heterocycles. The highest BCUT2D eigenvalue weighted by molar-refractivity contribution is 6.02. The molecule has 1 aliphatic carbocycles. The number of ether oxygens (including phenoxy) is 2. The van der Waals surface area contributed by atoms with E-state index in [1.54, 1.807) is 31.4 Å². The Kier molecular flexibility index (Phi) is 6.45. The van der Waals surface area contributed by atoms with Crippen LogP contribution in [0.15, 0.2) is 41.0 Å². The molecule has 0 radical (unpaired) electrons. The first-order valence-corrected chi connectivity index (χ1v) is 12.7. The summed E-state index contributed by atoms with van der Waals surface area (Å²) in [6, 6.07) is 9.53. The predicted octanol–water partition coefficient (Wildman–Crippen LogP) is 4.40. The summed E-state index contributed by atoms with van der Waals surface area (Å²) < 4.78 is 18.3. The van der Waals surface area contributed by atoms with Crippen LogP contribution in [0.4, 0.5) is 0 Å². The highest BCUT2D eigenvalue weighted by Gasteiger charge is 2.48. The Hall–Kier alpha value is -3.42. The first kappa shape index (κ1) is 24.3. The number of hydrogen-bond acceptors (Lipinski definition) is 5. The van der Waals surface area contributed by atoms with Crippen LogP contribution in [0.3, 0.4) is 0 Å². The summed E-state index contributed by atoms with van der Waals surface area (Å²) in [5.74, 6) is 1.73. The third-order valence-electron chi connectivity index (χ3n) is 7.96. The lowest BCUT2D eigenvalue weighted by molar-refractivity contribution is -0.133. The third-order valence-corrected chi connectivity index (χ3v) is 7.96. The van der Waals surface area contributed by atoms with Crippen LogP contribution in [0.2, 0.25) is 0 Å². The normalized spacial score (nSPS) is 24.0. The van der Waals surface area contributed by atoms with Crippen LogP contribution < -0.4 is 14.8 Å². The van der Waals surface area contributed by atoms with Crippen molar-refractivity contribution < 1.29 is 23.5 Å². The Labute approximate surface area is 211 Å². The smallest absolute Gasteiger partial charge is 0.271 e. The van der Waals surface area contributed by atoms with Gasteiger partial charge < -0.3 is 28.7 Å². The average Bonchev–Trinajstić information content (AvgIpc) is 3.47. The minimum absolute atomic E-state index is 0.0984. The standard InChI is InChI=1S/C28H35N3O5/c1-18-5-8-20(9-6-18)29-27(33)28(2)17-30-21-12-14-36-24(21)16-22(30)26(32)31(28)13-11-19-7-10-23(34-3)25(15-19)35-4/h7,10,12,14-16,18,20H,5-6,8-9,11,13,17H2,1-4H3,(H,29,33)/t18?,20?,28-/m0/s1. The molecule has 1 N–H and O–H groups in total. The summed E-state index contributed by atoms with van der Waals surface area (Å²) >= 11 is 0. The van der Waals surface area contributed by atoms with E-state index >= 15 is 0 Å². The molecule has 3 aromatic rings. The molecule has 1 fully saturated rings. The molecule has 2 aromatic heterocycles. The lowest BCUT2D eigenvalue weighted by Crippen LogP contribution is -2.65. The number of furan rings is 1. The maximum absolute atomic E-state index is 13.8. The van der Waals surface area contributed by atoms with Crippen molar-refractivity contribution in [2.24, 2.45) is 5.92 Å². The lowest BCUT2D eigenvalue weighted by atomic mass is 9.86. The van der Waals surface area contributed by atoms with Crippen LogP contribution in [-0.4, -0.2) is 53.6 Å². The molecule has 8 heteroatoms. The Morgan fingerprint density at radius 3 is 2.58 bits per heavy atom. The number of carbonyl (C=O) groups is 2. The molecule has 2 aliphatic rings. The molecule has 192 valence electrons. The first-order chi connectivity index (χ1) is 17.3. The van der Waals surface area contributed by atoms with Gasteiger partial charge in [0.05, 0.1) is 32.5 Å². The largest absolute Gasteiger partial charge is 0.493 e. The minimum atomic E-state index is -1.03. The van der Waals surface area contributed by atoms with Crippen molar-refractivity contribution in [2.75, 3.05) is 20.8 Å². The van der Waals surface area contributed by atoms with Crippen LogP contribution in [-0.2, 0) is 17.8 Å². The molecule has 0 spiro atoms. The highest BCUT2D eigenvalue weighted by Crippen LogP contribution is 2.34. The third kappa shape index (κ3) is 4.22. The van der Waals surface area contributed by atoms with E-state index in [9.17, 15) is 9.59 Å². The fourth-order valence-corrected chi connectivity index (χ4v) is 5.65. The molecule has 5 rings (SSSR count). The summed E-state index contributed by atoms with van der Waals surface area (Å²) in [5, 5.41) is 3.29. The van der Waals surface area contributed by atoms with Gasteiger partial charge in [0.2, 0.25) is 5.91 Å². The van der Waals surface area contributed by atoms with Gasteiger partial charge in [0.1, 0.15) is 11.2 Å². The minimum Gasteiger partial charge on any atom is -0.493 e. The van der Waals surface area contributed by atoms with Crippen molar-refractivity contribution in [1.29, 1.82) is 0 Å². The van der Waals surface area contributed by atoms with Crippen molar-refractivity contribution >= 4 is 22.9 Å². The first-order valence-electron chi connectivity index (χ1n) is 12.7. The quantitative estimate of drug-likeness (QED) is 0.527. The number of nitrogens with one attached hydrogen (secondary N) is 1. The molecule has 2 amide bonds. The second-order valence-corrected chi connectivity index (χ2v) is 10.4. The van der Waals surface area contributed by atoms with Gasteiger partial charge in [-0.25, -0.2) is 0 Å². The van der Waals surface area contributed by atoms with Gasteiger partial charge in [0, 0.05) is 24.7 Å². The molecule has 3 heterocycles. The average molecular weight is 494 g/mol. The number of methoxy groups -OCH3 is 2. The molecule has 0 unspecified atom stereocenters. The van der Waals surface area contributed by atoms with E-state index < -0.39 is 5.54 Å². The van der Waals surface area contributed by atoms with E-state index in [4.69, 9.17) is 13.9 Å². The van der Waals surface area contributed by atoms with Crippen molar-refractivity contribution in [1.82, 2.24) is 14.8 Å². The van der Waals surface area contributed by atoms with Crippen molar-refractivity contribution in [2.45, 2.75) is 64.1 Å². The topological polar surface area (TPSA) is 85.9 Å². The number of rotatable bonds is 7. The van der Waals surface area contributed by atoms with Gasteiger partial charge in [-0.2, -0.15) is 0 Å². The van der Waals surface area contributed by atoms with Crippen molar-refractivity contribution in [3.8, 4) is 11.5 Å². The van der Waals surface area contributed by atoms with Crippen LogP contribution in [0, 0.1) is 5.92 Å². The number of fused-ring (bicyclic) bond motifs is 3. The zero-order valence-electron chi connectivity index (χ0n) is 21.5. The second-order valence-electron chi connectivity index (χ2n) is 10.4. The number of amides is 2. The summed E-state index contributed by atoms with van der Waals surface area (Å²) in [6.45, 7) is 4.92. The van der Waals surface area contributed by atoms with E-state index in [-0.39, 0.29) is 17.9 Å². The van der Waals surface area contributed by atoms with Crippen molar-refractivity contribution in [3.05, 3.63) is 47.9 Å². The molecule has 36 heavy (non-hydrogen) atoms. The van der Waals surface area contributed by atoms with Gasteiger partial charge in [-0.3, -0.25) is 9.59 Å². The zero-order chi connectivity index (χ0) is 25.4. The molecule has 0 bridgehead atoms. The lowest BCUT2D eigenvalue weighted by Gasteiger charge is -2.45. The van der Waals surface area contributed by atoms with Gasteiger partial charge in [0.15, 0.2) is 17.1 Å². The molecular formula is C28H35N3O5. The molecule has 1 atom stereocenters. The monoisotopic (exact) mass is 493 g/mol. The Bertz CT molecular complexity index is 1270. The maximum atomic E-state index is 13.8. The molecule has 1 saturated carbocycles. The number of carbonyl (C=O) groups excluding carboxylic acids is 2. The Balaban J connectivity index is 1.44. The zero-order valence-corrected chi connectivity index (χ0v) is 21.5. The number of nitrogens with zero attached hydrogens (tertiary/aromatic N) is 2. The van der Waals surface area contributed by atoms with Crippen LogP contribution in [0.25, 0.3) is 11.1 Å². The van der Waals surface area contributed by atoms with Crippen LogP contribution in [0.5, 0.6) is 11.5 Å². The highest BCUT2D eigenvalue weighted by atomic mass is 16.5. The van der Waals surface area contributed by atoms with Crippen LogP contribution in [0.1, 0.15) is 55.6 Å². The summed E-state index contributed by atoms with van der Waals surface area (Å²) in [7, 11) is 3.21. The SMILES string of the molecule is COc1ccc(CCN2C(=O)c3cc4occc4n3C[C@@]2(C)C(=O)NC2CCC(C)CC2)cc1OC. The number of aromatic nitrogens is 1. The number of benzene rings is 1. The van der Waals surface area contributed by atoms with E-state index in [0.29, 0.717) is 48.2 Å². The molecule has 1 aromatic carbocycles. The number of hydrogen-bond donors (Lipinski definition) is 1. The van der Waals surface area contributed by atoms with E-state index in [1.165, 1.54) is 0 Å². The second kappa shape index (κ2) is 9.56.